The molecule has 1 atom stereocenters. The minimum atomic E-state index is -1.23. The van der Waals surface area contributed by atoms with Crippen LogP contribution in [-0.2, 0) is 0 Å². The molecule has 0 spiro atoms. The zero-order valence-electron chi connectivity index (χ0n) is 9.85. The molecule has 2 rings (SSSR count). The van der Waals surface area contributed by atoms with E-state index in [0.717, 1.165) is 18.2 Å². The van der Waals surface area contributed by atoms with Gasteiger partial charge in [-0.05, 0) is 36.2 Å². The fraction of sp³-hybridized carbons (Fsp3) is 0.143. The zero-order chi connectivity index (χ0) is 14.2. The summed E-state index contributed by atoms with van der Waals surface area (Å²) in [6, 6.07) is 5.25. The number of hydrogen-bond donors (Lipinski definition) is 0. The number of aryl methyl sites for hydroxylation is 1. The van der Waals surface area contributed by atoms with Crippen molar-refractivity contribution in [3.05, 3.63) is 70.3 Å². The molecular weight excluding hydrogens is 280 g/mol. The minimum absolute atomic E-state index is 0.0870. The largest absolute Gasteiger partial charge is 0.207 e. The van der Waals surface area contributed by atoms with Crippen LogP contribution in [-0.4, -0.2) is 0 Å². The van der Waals surface area contributed by atoms with Crippen molar-refractivity contribution in [1.82, 2.24) is 0 Å². The van der Waals surface area contributed by atoms with E-state index in [4.69, 9.17) is 11.6 Å². The summed E-state index contributed by atoms with van der Waals surface area (Å²) >= 11 is 5.97. The number of halogens is 5. The Morgan fingerprint density at radius 1 is 0.895 bits per heavy atom. The van der Waals surface area contributed by atoms with Crippen LogP contribution in [0.25, 0.3) is 0 Å². The molecule has 0 saturated heterocycles. The van der Waals surface area contributed by atoms with Gasteiger partial charge in [0.2, 0.25) is 0 Å². The molecule has 0 aliphatic rings. The molecule has 0 aliphatic heterocycles. The Kier molecular flexibility index (Phi) is 3.80. The van der Waals surface area contributed by atoms with E-state index in [1.165, 1.54) is 19.1 Å². The van der Waals surface area contributed by atoms with Crippen molar-refractivity contribution >= 4 is 11.6 Å². The molecule has 0 amide bonds. The van der Waals surface area contributed by atoms with Gasteiger partial charge in [-0.15, -0.1) is 11.6 Å². The summed E-state index contributed by atoms with van der Waals surface area (Å²) in [5, 5.41) is -1.23. The third-order valence-electron chi connectivity index (χ3n) is 2.81. The smallest absolute Gasteiger partial charge is 0.159 e. The van der Waals surface area contributed by atoms with Crippen molar-refractivity contribution < 1.29 is 17.6 Å². The van der Waals surface area contributed by atoms with Crippen LogP contribution in [0.1, 0.15) is 22.1 Å². The van der Waals surface area contributed by atoms with Gasteiger partial charge < -0.3 is 0 Å². The van der Waals surface area contributed by atoms with Gasteiger partial charge in [0.25, 0.3) is 0 Å². The van der Waals surface area contributed by atoms with Crippen LogP contribution in [0.4, 0.5) is 17.6 Å². The van der Waals surface area contributed by atoms with Gasteiger partial charge in [0, 0.05) is 5.56 Å². The topological polar surface area (TPSA) is 0 Å². The van der Waals surface area contributed by atoms with E-state index >= 15 is 0 Å². The highest BCUT2D eigenvalue weighted by molar-refractivity contribution is 6.22. The van der Waals surface area contributed by atoms with Crippen LogP contribution in [0, 0.1) is 30.2 Å². The average molecular weight is 289 g/mol. The molecule has 1 unspecified atom stereocenters. The van der Waals surface area contributed by atoms with E-state index in [1.807, 2.05) is 0 Å². The van der Waals surface area contributed by atoms with Crippen molar-refractivity contribution in [2.24, 2.45) is 0 Å². The number of rotatable bonds is 2. The van der Waals surface area contributed by atoms with E-state index in [2.05, 4.69) is 0 Å². The molecule has 100 valence electrons. The van der Waals surface area contributed by atoms with Crippen molar-refractivity contribution in [3.8, 4) is 0 Å². The van der Waals surface area contributed by atoms with Crippen LogP contribution in [0.3, 0.4) is 0 Å². The van der Waals surface area contributed by atoms with E-state index in [9.17, 15) is 17.6 Å². The van der Waals surface area contributed by atoms with Gasteiger partial charge in [-0.1, -0.05) is 12.1 Å². The second-order valence-electron chi connectivity index (χ2n) is 4.13. The molecule has 0 nitrogen and oxygen atoms in total. The van der Waals surface area contributed by atoms with Crippen molar-refractivity contribution in [2.45, 2.75) is 12.3 Å². The third kappa shape index (κ3) is 2.59. The normalized spacial score (nSPS) is 12.5. The molecule has 0 aliphatic carbocycles. The van der Waals surface area contributed by atoms with Gasteiger partial charge in [-0.3, -0.25) is 0 Å². The van der Waals surface area contributed by atoms with E-state index in [0.29, 0.717) is 0 Å². The molecule has 0 radical (unpaired) electrons. The Bertz CT molecular complexity index is 625. The lowest BCUT2D eigenvalue weighted by Crippen LogP contribution is -2.03. The molecule has 0 fully saturated rings. The number of benzene rings is 2. The quantitative estimate of drug-likeness (QED) is 0.546. The maximum absolute atomic E-state index is 13.9. The summed E-state index contributed by atoms with van der Waals surface area (Å²) in [6.45, 7) is 1.47. The van der Waals surface area contributed by atoms with Crippen molar-refractivity contribution in [3.63, 3.8) is 0 Å². The minimum Gasteiger partial charge on any atom is -0.207 e. The molecule has 0 heterocycles. The second-order valence-corrected chi connectivity index (χ2v) is 4.56. The highest BCUT2D eigenvalue weighted by Gasteiger charge is 2.22. The van der Waals surface area contributed by atoms with Crippen molar-refractivity contribution in [2.75, 3.05) is 0 Å². The Hall–Kier alpha value is -1.55. The first-order valence-corrected chi connectivity index (χ1v) is 5.89. The molecule has 5 heteroatoms. The fourth-order valence-electron chi connectivity index (χ4n) is 1.75. The monoisotopic (exact) mass is 288 g/mol. The molecule has 0 aromatic heterocycles. The van der Waals surface area contributed by atoms with Crippen molar-refractivity contribution in [1.29, 1.82) is 0 Å². The summed E-state index contributed by atoms with van der Waals surface area (Å²) in [4.78, 5) is 0. The van der Waals surface area contributed by atoms with Crippen LogP contribution in [0.2, 0.25) is 0 Å². The molecule has 0 saturated carbocycles. The van der Waals surface area contributed by atoms with Gasteiger partial charge in [0.05, 0.1) is 5.38 Å². The lowest BCUT2D eigenvalue weighted by Gasteiger charge is -2.14. The predicted molar refractivity (Wildman–Crippen MR) is 65.1 cm³/mol. The number of alkyl halides is 1. The maximum Gasteiger partial charge on any atom is 0.159 e. The van der Waals surface area contributed by atoms with Gasteiger partial charge >= 0.3 is 0 Å². The average Bonchev–Trinajstić information content (AvgIpc) is 2.37. The summed E-state index contributed by atoms with van der Waals surface area (Å²) in [5.74, 6) is -3.77. The van der Waals surface area contributed by atoms with Crippen LogP contribution in [0.5, 0.6) is 0 Å². The third-order valence-corrected chi connectivity index (χ3v) is 3.28. The molecule has 2 aromatic carbocycles. The second kappa shape index (κ2) is 5.21. The first kappa shape index (κ1) is 13.9. The zero-order valence-corrected chi connectivity index (χ0v) is 10.6. The Morgan fingerprint density at radius 2 is 1.53 bits per heavy atom. The van der Waals surface area contributed by atoms with Gasteiger partial charge in [0.1, 0.15) is 11.6 Å². The molecule has 2 aromatic rings. The summed E-state index contributed by atoms with van der Waals surface area (Å²) in [7, 11) is 0. The van der Waals surface area contributed by atoms with Crippen LogP contribution in [0.15, 0.2) is 30.3 Å². The summed E-state index contributed by atoms with van der Waals surface area (Å²) in [5.41, 5.74) is -0.0544. The van der Waals surface area contributed by atoms with Crippen LogP contribution >= 0.6 is 11.6 Å². The Morgan fingerprint density at radius 3 is 2.16 bits per heavy atom. The molecule has 0 bridgehead atoms. The molecule has 0 N–H and O–H groups in total. The highest BCUT2D eigenvalue weighted by Crippen LogP contribution is 2.34. The maximum atomic E-state index is 13.9. The van der Waals surface area contributed by atoms with Gasteiger partial charge in [-0.25, -0.2) is 17.6 Å². The Labute approximate surface area is 112 Å². The first-order chi connectivity index (χ1) is 8.91. The Balaban J connectivity index is 2.52. The van der Waals surface area contributed by atoms with E-state index < -0.39 is 28.6 Å². The summed E-state index contributed by atoms with van der Waals surface area (Å²) in [6.07, 6.45) is 0. The van der Waals surface area contributed by atoms with Gasteiger partial charge in [0.15, 0.2) is 11.6 Å². The van der Waals surface area contributed by atoms with E-state index in [1.54, 1.807) is 0 Å². The first-order valence-electron chi connectivity index (χ1n) is 5.45. The van der Waals surface area contributed by atoms with Crippen LogP contribution < -0.4 is 0 Å². The standard InChI is InChI=1S/C14H9ClF4/c1-7-2-4-10(17)12(14(7)19)13(15)8-3-5-9(16)11(18)6-8/h2-6,13H,1H3. The van der Waals surface area contributed by atoms with Gasteiger partial charge in [-0.2, -0.15) is 0 Å². The fourth-order valence-corrected chi connectivity index (χ4v) is 2.08. The predicted octanol–water partition coefficient (Wildman–Crippen LogP) is 4.88. The SMILES string of the molecule is Cc1ccc(F)c(C(Cl)c2ccc(F)c(F)c2)c1F. The lowest BCUT2D eigenvalue weighted by molar-refractivity contribution is 0.506. The molecule has 19 heavy (non-hydrogen) atoms. The lowest BCUT2D eigenvalue weighted by atomic mass is 10.0. The number of hydrogen-bond acceptors (Lipinski definition) is 0. The molecular formula is C14H9ClF4. The highest BCUT2D eigenvalue weighted by atomic mass is 35.5. The van der Waals surface area contributed by atoms with E-state index in [-0.39, 0.29) is 16.7 Å². The summed E-state index contributed by atoms with van der Waals surface area (Å²) < 4.78 is 53.5.